The van der Waals surface area contributed by atoms with Crippen LogP contribution in [0.15, 0.2) is 53.7 Å². The Balaban J connectivity index is 1.44. The first kappa shape index (κ1) is 21.5. The lowest BCUT2D eigenvalue weighted by atomic mass is 9.85. The van der Waals surface area contributed by atoms with Crippen LogP contribution < -0.4 is 10.9 Å². The lowest BCUT2D eigenvalue weighted by molar-refractivity contribution is 0.277. The Morgan fingerprint density at radius 2 is 1.94 bits per heavy atom. The van der Waals surface area contributed by atoms with Gasteiger partial charge in [0.25, 0.3) is 5.56 Å². The number of aromatic amines is 1. The summed E-state index contributed by atoms with van der Waals surface area (Å²) < 4.78 is 3.62. The molecule has 2 atom stereocenters. The summed E-state index contributed by atoms with van der Waals surface area (Å²) in [5.74, 6) is 0.369. The maximum Gasteiger partial charge on any atom is 0.261 e. The number of hydrogen-bond acceptors (Lipinski definition) is 6. The van der Waals surface area contributed by atoms with Crippen LogP contribution in [0.2, 0.25) is 0 Å². The first-order valence-corrected chi connectivity index (χ1v) is 11.4. The molecule has 1 aromatic carbocycles. The van der Waals surface area contributed by atoms with Crippen molar-refractivity contribution in [3.8, 4) is 23.3 Å². The molecule has 9 nitrogen and oxygen atoms in total. The van der Waals surface area contributed by atoms with E-state index in [1.165, 1.54) is 0 Å². The molecule has 9 heteroatoms. The van der Waals surface area contributed by atoms with Crippen molar-refractivity contribution in [3.05, 3.63) is 59.3 Å². The van der Waals surface area contributed by atoms with Crippen LogP contribution in [-0.2, 0) is 6.54 Å². The van der Waals surface area contributed by atoms with E-state index in [2.05, 4.69) is 27.5 Å². The van der Waals surface area contributed by atoms with Gasteiger partial charge in [0.05, 0.1) is 48.8 Å². The summed E-state index contributed by atoms with van der Waals surface area (Å²) >= 11 is 0. The van der Waals surface area contributed by atoms with E-state index in [-0.39, 0.29) is 17.5 Å². The molecule has 0 amide bonds. The summed E-state index contributed by atoms with van der Waals surface area (Å²) in [6, 6.07) is 14.2. The molecule has 0 saturated heterocycles. The molecule has 2 unspecified atom stereocenters. The monoisotopic (exact) mass is 452 g/mol. The highest BCUT2D eigenvalue weighted by Crippen LogP contribution is 2.36. The van der Waals surface area contributed by atoms with E-state index in [0.717, 1.165) is 48.0 Å². The number of aromatic nitrogens is 5. The third-order valence-corrected chi connectivity index (χ3v) is 6.41. The highest BCUT2D eigenvalue weighted by atomic mass is 16.1. The Hall–Kier alpha value is -4.37. The fourth-order valence-electron chi connectivity index (χ4n) is 4.68. The summed E-state index contributed by atoms with van der Waals surface area (Å²) in [5.41, 5.74) is 3.30. The van der Waals surface area contributed by atoms with Crippen LogP contribution in [0.3, 0.4) is 0 Å². The average molecular weight is 453 g/mol. The van der Waals surface area contributed by atoms with Crippen molar-refractivity contribution in [2.24, 2.45) is 5.92 Å². The molecule has 1 aliphatic rings. The van der Waals surface area contributed by atoms with Crippen molar-refractivity contribution < 1.29 is 0 Å². The molecule has 0 bridgehead atoms. The molecule has 3 heterocycles. The van der Waals surface area contributed by atoms with Crippen molar-refractivity contribution >= 4 is 22.4 Å². The summed E-state index contributed by atoms with van der Waals surface area (Å²) in [4.78, 5) is 15.5. The number of fused-ring (bicyclic) bond motifs is 1. The van der Waals surface area contributed by atoms with Gasteiger partial charge in [-0.3, -0.25) is 14.2 Å². The normalized spacial score (nSPS) is 17.8. The lowest BCUT2D eigenvalue weighted by Crippen LogP contribution is -2.23. The smallest absolute Gasteiger partial charge is 0.261 e. The molecule has 5 rings (SSSR count). The number of benzene rings is 1. The van der Waals surface area contributed by atoms with Crippen LogP contribution in [0, 0.1) is 28.6 Å². The topological polar surface area (TPSA) is 128 Å². The van der Waals surface area contributed by atoms with Crippen LogP contribution in [0.5, 0.6) is 0 Å². The molecule has 0 aliphatic heterocycles. The zero-order chi connectivity index (χ0) is 23.5. The Kier molecular flexibility index (Phi) is 5.84. The Morgan fingerprint density at radius 1 is 1.12 bits per heavy atom. The molecule has 0 spiro atoms. The quantitative estimate of drug-likeness (QED) is 0.443. The first-order chi connectivity index (χ1) is 16.7. The van der Waals surface area contributed by atoms with Crippen molar-refractivity contribution in [1.82, 2.24) is 24.5 Å². The molecule has 2 N–H and O–H groups in total. The Morgan fingerprint density at radius 3 is 2.74 bits per heavy atom. The molecule has 3 aromatic heterocycles. The van der Waals surface area contributed by atoms with Crippen LogP contribution in [0.25, 0.3) is 22.0 Å². The maximum atomic E-state index is 12.7. The standard InChI is InChI=1S/C25H24N8O/c26-11-3-13-32-16-19(15-29-32)17-6-8-20(9-7-17)30-24-23-22(10-12-28-25(23)34)33(31-24)21-5-2-1-4-18(21)14-27/h6-10,12,15-16,18,21H,1-5,13H2,(H,28,34)(H,30,31). The average Bonchev–Trinajstić information content (AvgIpc) is 3.49. The van der Waals surface area contributed by atoms with Crippen LogP contribution >= 0.6 is 0 Å². The van der Waals surface area contributed by atoms with E-state index in [9.17, 15) is 10.1 Å². The summed E-state index contributed by atoms with van der Waals surface area (Å²) in [6.45, 7) is 0.564. The lowest BCUT2D eigenvalue weighted by Gasteiger charge is -2.27. The first-order valence-electron chi connectivity index (χ1n) is 11.4. The third kappa shape index (κ3) is 4.04. The largest absolute Gasteiger partial charge is 0.338 e. The number of anilines is 2. The zero-order valence-corrected chi connectivity index (χ0v) is 18.6. The summed E-state index contributed by atoms with van der Waals surface area (Å²) in [6.07, 6.45) is 9.56. The molecule has 0 radical (unpaired) electrons. The predicted molar refractivity (Wildman–Crippen MR) is 128 cm³/mol. The zero-order valence-electron chi connectivity index (χ0n) is 18.6. The molecule has 1 aliphatic carbocycles. The third-order valence-electron chi connectivity index (χ3n) is 6.41. The SMILES string of the molecule is N#CCCn1cc(-c2ccc(Nc3nn(C4CCCCC4C#N)c4cc[nH]c(=O)c34)cc2)cn1. The van der Waals surface area contributed by atoms with Gasteiger partial charge in [0.1, 0.15) is 5.39 Å². The maximum absolute atomic E-state index is 12.7. The van der Waals surface area contributed by atoms with Gasteiger partial charge in [0.2, 0.25) is 0 Å². The fraction of sp³-hybridized carbons (Fsp3) is 0.320. The van der Waals surface area contributed by atoms with Gasteiger partial charge in [0.15, 0.2) is 5.82 Å². The van der Waals surface area contributed by atoms with Crippen LogP contribution in [0.4, 0.5) is 11.5 Å². The molecule has 1 fully saturated rings. The van der Waals surface area contributed by atoms with Gasteiger partial charge in [-0.15, -0.1) is 0 Å². The highest BCUT2D eigenvalue weighted by molar-refractivity contribution is 5.91. The number of hydrogen-bond donors (Lipinski definition) is 2. The summed E-state index contributed by atoms with van der Waals surface area (Å²) in [5, 5.41) is 31.3. The van der Waals surface area contributed by atoms with E-state index in [4.69, 9.17) is 10.4 Å². The van der Waals surface area contributed by atoms with Gasteiger partial charge >= 0.3 is 0 Å². The second-order valence-corrected chi connectivity index (χ2v) is 8.55. The minimum Gasteiger partial charge on any atom is -0.338 e. The van der Waals surface area contributed by atoms with Gasteiger partial charge in [0, 0.05) is 23.6 Å². The molecular formula is C25H24N8O. The van der Waals surface area contributed by atoms with Gasteiger partial charge in [-0.25, -0.2) is 0 Å². The molecular weight excluding hydrogens is 428 g/mol. The number of pyridine rings is 1. The van der Waals surface area contributed by atoms with E-state index in [0.29, 0.717) is 24.2 Å². The highest BCUT2D eigenvalue weighted by Gasteiger charge is 2.29. The van der Waals surface area contributed by atoms with E-state index in [1.807, 2.05) is 41.2 Å². The van der Waals surface area contributed by atoms with Gasteiger partial charge < -0.3 is 10.3 Å². The number of nitrogens with one attached hydrogen (secondary N) is 2. The van der Waals surface area contributed by atoms with Crippen molar-refractivity contribution in [2.75, 3.05) is 5.32 Å². The van der Waals surface area contributed by atoms with Crippen LogP contribution in [0.1, 0.15) is 38.1 Å². The number of rotatable bonds is 6. The van der Waals surface area contributed by atoms with Crippen LogP contribution in [-0.4, -0.2) is 24.5 Å². The Labute approximate surface area is 196 Å². The van der Waals surface area contributed by atoms with Crippen molar-refractivity contribution in [3.63, 3.8) is 0 Å². The van der Waals surface area contributed by atoms with Crippen molar-refractivity contribution in [2.45, 2.75) is 44.7 Å². The molecule has 1 saturated carbocycles. The van der Waals surface area contributed by atoms with Crippen molar-refractivity contribution in [1.29, 1.82) is 10.5 Å². The van der Waals surface area contributed by atoms with E-state index in [1.54, 1.807) is 17.1 Å². The predicted octanol–water partition coefficient (Wildman–Crippen LogP) is 4.50. The second kappa shape index (κ2) is 9.24. The second-order valence-electron chi connectivity index (χ2n) is 8.55. The molecule has 170 valence electrons. The minimum atomic E-state index is -0.211. The number of aryl methyl sites for hydroxylation is 1. The molecule has 34 heavy (non-hydrogen) atoms. The van der Waals surface area contributed by atoms with E-state index >= 15 is 0 Å². The van der Waals surface area contributed by atoms with Gasteiger partial charge in [-0.1, -0.05) is 25.0 Å². The number of nitriles is 2. The number of H-pyrrole nitrogens is 1. The number of nitrogens with zero attached hydrogens (tertiary/aromatic N) is 6. The van der Waals surface area contributed by atoms with Gasteiger partial charge in [-0.2, -0.15) is 20.7 Å². The van der Waals surface area contributed by atoms with E-state index < -0.39 is 0 Å². The molecule has 4 aromatic rings. The fourth-order valence-corrected chi connectivity index (χ4v) is 4.68. The summed E-state index contributed by atoms with van der Waals surface area (Å²) in [7, 11) is 0. The minimum absolute atomic E-state index is 0.0430. The Bertz CT molecular complexity index is 1450. The van der Waals surface area contributed by atoms with Gasteiger partial charge in [-0.05, 0) is 36.6 Å².